The molecule has 0 saturated carbocycles. The van der Waals surface area contributed by atoms with E-state index in [1.807, 2.05) is 6.20 Å². The number of aryl methyl sites for hydroxylation is 2. The highest BCUT2D eigenvalue weighted by Gasteiger charge is 2.13. The number of carbonyl (C=O) groups excluding carboxylic acids is 1. The maximum absolute atomic E-state index is 14.3. The Hall–Kier alpha value is -3.08. The molecule has 0 fully saturated rings. The van der Waals surface area contributed by atoms with Crippen molar-refractivity contribution in [1.82, 2.24) is 9.97 Å². The van der Waals surface area contributed by atoms with Crippen molar-refractivity contribution in [2.24, 2.45) is 0 Å². The predicted octanol–water partition coefficient (Wildman–Crippen LogP) is 7.75. The lowest BCUT2D eigenvalue weighted by molar-refractivity contribution is 0.0728. The first-order valence-corrected chi connectivity index (χ1v) is 12.5. The third-order valence-electron chi connectivity index (χ3n) is 5.93. The van der Waals surface area contributed by atoms with Crippen LogP contribution in [0.2, 0.25) is 0 Å². The molecule has 0 unspecified atom stereocenters. The van der Waals surface area contributed by atoms with Crippen LogP contribution in [0.25, 0.3) is 11.3 Å². The van der Waals surface area contributed by atoms with Crippen molar-refractivity contribution in [1.29, 1.82) is 0 Å². The highest BCUT2D eigenvalue weighted by atomic mass is 19.1. The Labute approximate surface area is 202 Å². The lowest BCUT2D eigenvalue weighted by Gasteiger charge is -2.08. The molecule has 0 bridgehead atoms. The Morgan fingerprint density at radius 3 is 2.24 bits per heavy atom. The number of hydrogen-bond donors (Lipinski definition) is 0. The second-order valence-corrected chi connectivity index (χ2v) is 8.75. The zero-order valence-electron chi connectivity index (χ0n) is 20.4. The molecule has 0 radical (unpaired) electrons. The molecule has 1 aromatic heterocycles. The Morgan fingerprint density at radius 2 is 1.56 bits per heavy atom. The van der Waals surface area contributed by atoms with Gasteiger partial charge in [0, 0.05) is 11.8 Å². The molecule has 3 rings (SSSR count). The largest absolute Gasteiger partial charge is 0.420 e. The van der Waals surface area contributed by atoms with E-state index >= 15 is 0 Å². The Balaban J connectivity index is 1.53. The van der Waals surface area contributed by atoms with Gasteiger partial charge in [-0.3, -0.25) is 9.97 Å². The third-order valence-corrected chi connectivity index (χ3v) is 5.93. The number of ether oxygens (including phenoxy) is 1. The quantitative estimate of drug-likeness (QED) is 0.148. The summed E-state index contributed by atoms with van der Waals surface area (Å²) in [6.45, 7) is 4.32. The number of hydrogen-bond acceptors (Lipinski definition) is 4. The highest BCUT2D eigenvalue weighted by molar-refractivity contribution is 5.91. The number of esters is 1. The molecule has 0 aliphatic heterocycles. The highest BCUT2D eigenvalue weighted by Crippen LogP contribution is 2.22. The third kappa shape index (κ3) is 7.75. The molecule has 0 N–H and O–H groups in total. The van der Waals surface area contributed by atoms with Gasteiger partial charge in [0.15, 0.2) is 11.6 Å². The molecule has 0 aliphatic rings. The van der Waals surface area contributed by atoms with Gasteiger partial charge >= 0.3 is 5.97 Å². The predicted molar refractivity (Wildman–Crippen MR) is 135 cm³/mol. The van der Waals surface area contributed by atoms with Crippen LogP contribution in [-0.2, 0) is 12.8 Å². The van der Waals surface area contributed by atoms with Gasteiger partial charge in [-0.2, -0.15) is 0 Å². The lowest BCUT2D eigenvalue weighted by atomic mass is 10.1. The number of rotatable bonds is 13. The van der Waals surface area contributed by atoms with E-state index in [1.165, 1.54) is 44.2 Å². The molecule has 0 aliphatic carbocycles. The summed E-state index contributed by atoms with van der Waals surface area (Å²) in [4.78, 5) is 21.6. The first kappa shape index (κ1) is 25.5. The number of aromatic nitrogens is 2. The fourth-order valence-electron chi connectivity index (χ4n) is 3.82. The van der Waals surface area contributed by atoms with Gasteiger partial charge in [-0.1, -0.05) is 70.6 Å². The minimum atomic E-state index is -0.591. The summed E-state index contributed by atoms with van der Waals surface area (Å²) < 4.78 is 19.6. The maximum Gasteiger partial charge on any atom is 0.343 e. The fourth-order valence-corrected chi connectivity index (χ4v) is 3.82. The fraction of sp³-hybridized carbons (Fsp3) is 0.414. The van der Waals surface area contributed by atoms with E-state index in [9.17, 15) is 9.18 Å². The number of nitrogens with zero attached hydrogens (tertiary/aromatic N) is 2. The first-order valence-electron chi connectivity index (χ1n) is 12.5. The number of benzene rings is 2. The molecule has 0 saturated heterocycles. The van der Waals surface area contributed by atoms with Crippen molar-refractivity contribution in [2.75, 3.05) is 0 Å². The second-order valence-electron chi connectivity index (χ2n) is 8.75. The number of carbonyl (C=O) groups is 1. The van der Waals surface area contributed by atoms with Crippen LogP contribution in [0.15, 0.2) is 54.9 Å². The van der Waals surface area contributed by atoms with E-state index in [-0.39, 0.29) is 5.75 Å². The monoisotopic (exact) mass is 462 g/mol. The topological polar surface area (TPSA) is 52.1 Å². The average molecular weight is 463 g/mol. The van der Waals surface area contributed by atoms with Crippen molar-refractivity contribution < 1.29 is 13.9 Å². The molecule has 0 spiro atoms. The summed E-state index contributed by atoms with van der Waals surface area (Å²) in [7, 11) is 0. The summed E-state index contributed by atoms with van der Waals surface area (Å²) in [5, 5.41) is 0. The van der Waals surface area contributed by atoms with Gasteiger partial charge in [0.1, 0.15) is 0 Å². The SMILES string of the molecule is CCCCCCCCc1cnc(-c2ccc(C(=O)Oc3ccc(CCCC)cc3F)cc2)cn1. The Morgan fingerprint density at radius 1 is 0.824 bits per heavy atom. The van der Waals surface area contributed by atoms with Crippen LogP contribution >= 0.6 is 0 Å². The molecule has 0 atom stereocenters. The standard InChI is InChI=1S/C29H35FN2O2/c1-3-5-7-8-9-10-12-25-20-32-27(21-31-25)23-14-16-24(17-15-23)29(33)34-28-18-13-22(11-6-4-2)19-26(28)30/h13-21H,3-12H2,1-2H3. The van der Waals surface area contributed by atoms with Crippen molar-refractivity contribution in [2.45, 2.75) is 78.1 Å². The molecule has 5 heteroatoms. The summed E-state index contributed by atoms with van der Waals surface area (Å²) in [5.41, 5.74) is 3.87. The maximum atomic E-state index is 14.3. The first-order chi connectivity index (χ1) is 16.6. The van der Waals surface area contributed by atoms with E-state index in [1.54, 1.807) is 36.5 Å². The van der Waals surface area contributed by atoms with Crippen molar-refractivity contribution >= 4 is 5.97 Å². The van der Waals surface area contributed by atoms with Gasteiger partial charge in [0.05, 0.1) is 23.1 Å². The van der Waals surface area contributed by atoms with Crippen LogP contribution in [0.4, 0.5) is 4.39 Å². The van der Waals surface area contributed by atoms with Gasteiger partial charge < -0.3 is 4.74 Å². The molecular formula is C29H35FN2O2. The van der Waals surface area contributed by atoms with E-state index in [2.05, 4.69) is 23.8 Å². The Bertz CT molecular complexity index is 1030. The minimum absolute atomic E-state index is 0.0545. The van der Waals surface area contributed by atoms with E-state index < -0.39 is 11.8 Å². The zero-order valence-corrected chi connectivity index (χ0v) is 20.4. The molecule has 34 heavy (non-hydrogen) atoms. The number of halogens is 1. The molecule has 4 nitrogen and oxygen atoms in total. The van der Waals surface area contributed by atoms with Crippen molar-refractivity contribution in [3.8, 4) is 17.0 Å². The molecule has 180 valence electrons. The average Bonchev–Trinajstić information content (AvgIpc) is 2.87. The van der Waals surface area contributed by atoms with Crippen molar-refractivity contribution in [3.05, 3.63) is 77.5 Å². The summed E-state index contributed by atoms with van der Waals surface area (Å²) >= 11 is 0. The van der Waals surface area contributed by atoms with E-state index in [4.69, 9.17) is 4.74 Å². The van der Waals surface area contributed by atoms with Crippen LogP contribution in [0.1, 0.15) is 86.8 Å². The lowest BCUT2D eigenvalue weighted by Crippen LogP contribution is -2.09. The van der Waals surface area contributed by atoms with Crippen LogP contribution < -0.4 is 4.74 Å². The van der Waals surface area contributed by atoms with E-state index in [0.717, 1.165) is 54.6 Å². The normalized spacial score (nSPS) is 10.9. The summed E-state index contributed by atoms with van der Waals surface area (Å²) in [5.74, 6) is -1.16. The van der Waals surface area contributed by atoms with Gasteiger partial charge in [-0.05, 0) is 55.5 Å². The van der Waals surface area contributed by atoms with Gasteiger partial charge in [-0.15, -0.1) is 0 Å². The smallest absolute Gasteiger partial charge is 0.343 e. The number of unbranched alkanes of at least 4 members (excludes halogenated alkanes) is 6. The molecule has 1 heterocycles. The second kappa shape index (κ2) is 13.6. The van der Waals surface area contributed by atoms with Crippen molar-refractivity contribution in [3.63, 3.8) is 0 Å². The molecule has 3 aromatic rings. The van der Waals surface area contributed by atoms with Crippen LogP contribution in [0, 0.1) is 5.82 Å². The minimum Gasteiger partial charge on any atom is -0.420 e. The van der Waals surface area contributed by atoms with Gasteiger partial charge in [0.25, 0.3) is 0 Å². The molecule has 2 aromatic carbocycles. The molecule has 0 amide bonds. The van der Waals surface area contributed by atoms with Gasteiger partial charge in [0.2, 0.25) is 0 Å². The zero-order chi connectivity index (χ0) is 24.2. The van der Waals surface area contributed by atoms with Crippen LogP contribution in [-0.4, -0.2) is 15.9 Å². The van der Waals surface area contributed by atoms with Crippen LogP contribution in [0.3, 0.4) is 0 Å². The van der Waals surface area contributed by atoms with E-state index in [0.29, 0.717) is 5.56 Å². The van der Waals surface area contributed by atoms with Crippen LogP contribution in [0.5, 0.6) is 5.75 Å². The Kier molecular flexibility index (Phi) is 10.2. The molecular weight excluding hydrogens is 427 g/mol. The summed E-state index contributed by atoms with van der Waals surface area (Å²) in [6.07, 6.45) is 14.9. The van der Waals surface area contributed by atoms with Gasteiger partial charge in [-0.25, -0.2) is 9.18 Å². The summed E-state index contributed by atoms with van der Waals surface area (Å²) in [6, 6.07) is 11.7.